The monoisotopic (exact) mass is 401 g/mol. The van der Waals surface area contributed by atoms with E-state index in [1.807, 2.05) is 13.0 Å². The molecule has 4 rings (SSSR count). The van der Waals surface area contributed by atoms with Gasteiger partial charge in [-0.3, -0.25) is 9.59 Å². The Morgan fingerprint density at radius 1 is 1.21 bits per heavy atom. The van der Waals surface area contributed by atoms with Crippen molar-refractivity contribution in [1.29, 1.82) is 0 Å². The number of ether oxygens (including phenoxy) is 1. The Morgan fingerprint density at radius 3 is 2.57 bits per heavy atom. The van der Waals surface area contributed by atoms with Crippen molar-refractivity contribution >= 4 is 23.3 Å². The van der Waals surface area contributed by atoms with E-state index < -0.39 is 5.60 Å². The molecule has 0 atom stereocenters. The molecule has 0 N–H and O–H groups in total. The first-order chi connectivity index (χ1) is 13.3. The van der Waals surface area contributed by atoms with E-state index in [4.69, 9.17) is 16.3 Å². The van der Waals surface area contributed by atoms with Gasteiger partial charge < -0.3 is 9.64 Å². The number of halogens is 2. The van der Waals surface area contributed by atoms with Crippen molar-refractivity contribution in [2.24, 2.45) is 0 Å². The van der Waals surface area contributed by atoms with E-state index in [2.05, 4.69) is 0 Å². The van der Waals surface area contributed by atoms with Crippen LogP contribution in [0.2, 0.25) is 5.02 Å². The molecule has 2 aliphatic heterocycles. The summed E-state index contributed by atoms with van der Waals surface area (Å²) in [6.45, 7) is 2.96. The van der Waals surface area contributed by atoms with Gasteiger partial charge in [0.15, 0.2) is 5.78 Å². The smallest absolute Gasteiger partial charge is 0.226 e. The number of amides is 1. The van der Waals surface area contributed by atoms with Gasteiger partial charge in [0.2, 0.25) is 5.91 Å². The fourth-order valence-corrected chi connectivity index (χ4v) is 4.11. The zero-order chi connectivity index (χ0) is 19.9. The Morgan fingerprint density at radius 2 is 1.89 bits per heavy atom. The van der Waals surface area contributed by atoms with Gasteiger partial charge in [-0.15, -0.1) is 0 Å². The quantitative estimate of drug-likeness (QED) is 0.751. The molecule has 1 fully saturated rings. The number of ketones is 1. The number of aryl methyl sites for hydroxylation is 1. The van der Waals surface area contributed by atoms with Crippen LogP contribution in [0.3, 0.4) is 0 Å². The topological polar surface area (TPSA) is 46.6 Å². The summed E-state index contributed by atoms with van der Waals surface area (Å²) in [5.74, 6) is 0.317. The van der Waals surface area contributed by atoms with Crippen LogP contribution in [-0.4, -0.2) is 35.3 Å². The summed E-state index contributed by atoms with van der Waals surface area (Å²) in [5, 5.41) is 0.563. The van der Waals surface area contributed by atoms with Crippen molar-refractivity contribution in [1.82, 2.24) is 4.90 Å². The van der Waals surface area contributed by atoms with Crippen molar-refractivity contribution in [2.75, 3.05) is 13.1 Å². The molecule has 6 heteroatoms. The molecule has 28 heavy (non-hydrogen) atoms. The molecule has 0 aliphatic carbocycles. The summed E-state index contributed by atoms with van der Waals surface area (Å²) in [6, 6.07) is 9.49. The van der Waals surface area contributed by atoms with Crippen LogP contribution >= 0.6 is 11.6 Å². The third-order valence-electron chi connectivity index (χ3n) is 5.67. The Labute approximate surface area is 168 Å². The fraction of sp³-hybridized carbons (Fsp3) is 0.364. The van der Waals surface area contributed by atoms with Gasteiger partial charge in [-0.25, -0.2) is 4.39 Å². The second-order valence-electron chi connectivity index (χ2n) is 7.67. The number of benzene rings is 2. The van der Waals surface area contributed by atoms with Crippen molar-refractivity contribution in [3.05, 3.63) is 63.9 Å². The van der Waals surface area contributed by atoms with E-state index in [0.717, 1.165) is 11.1 Å². The van der Waals surface area contributed by atoms with E-state index >= 15 is 0 Å². The largest absolute Gasteiger partial charge is 0.486 e. The zero-order valence-electron chi connectivity index (χ0n) is 15.6. The lowest BCUT2D eigenvalue weighted by Crippen LogP contribution is -2.52. The highest BCUT2D eigenvalue weighted by Crippen LogP contribution is 2.41. The highest BCUT2D eigenvalue weighted by atomic mass is 35.5. The molecule has 0 aromatic heterocycles. The normalized spacial score (nSPS) is 18.0. The highest BCUT2D eigenvalue weighted by Gasteiger charge is 2.43. The molecular weight excluding hydrogens is 381 g/mol. The molecule has 0 bridgehead atoms. The third-order valence-corrected chi connectivity index (χ3v) is 6.07. The minimum absolute atomic E-state index is 0.00613. The SMILES string of the molecule is Cc1cc2c(cc1Cl)C(=O)CC1(CCN(C(=O)Cc3ccc(F)cc3)CC1)O2. The molecule has 2 aliphatic rings. The second-order valence-corrected chi connectivity index (χ2v) is 8.07. The molecule has 2 heterocycles. The number of hydrogen-bond acceptors (Lipinski definition) is 3. The van der Waals surface area contributed by atoms with Crippen LogP contribution in [0, 0.1) is 12.7 Å². The number of hydrogen-bond donors (Lipinski definition) is 0. The van der Waals surface area contributed by atoms with Crippen LogP contribution in [0.25, 0.3) is 0 Å². The molecular formula is C22H21ClFNO3. The minimum Gasteiger partial charge on any atom is -0.486 e. The first-order valence-corrected chi connectivity index (χ1v) is 9.78. The van der Waals surface area contributed by atoms with Crippen LogP contribution in [0.15, 0.2) is 36.4 Å². The van der Waals surface area contributed by atoms with E-state index in [1.165, 1.54) is 12.1 Å². The summed E-state index contributed by atoms with van der Waals surface area (Å²) in [4.78, 5) is 27.0. The number of likely N-dealkylation sites (tertiary alicyclic amines) is 1. The van der Waals surface area contributed by atoms with E-state index in [1.54, 1.807) is 23.1 Å². The van der Waals surface area contributed by atoms with E-state index in [0.29, 0.717) is 48.7 Å². The maximum atomic E-state index is 13.0. The van der Waals surface area contributed by atoms with Gasteiger partial charge in [0.1, 0.15) is 17.2 Å². The van der Waals surface area contributed by atoms with Crippen LogP contribution in [-0.2, 0) is 11.2 Å². The molecule has 146 valence electrons. The molecule has 0 radical (unpaired) electrons. The summed E-state index contributed by atoms with van der Waals surface area (Å²) in [6.07, 6.45) is 1.76. The van der Waals surface area contributed by atoms with Crippen molar-refractivity contribution in [3.63, 3.8) is 0 Å². The van der Waals surface area contributed by atoms with Gasteiger partial charge in [-0.2, -0.15) is 0 Å². The Kier molecular flexibility index (Phi) is 4.88. The number of Topliss-reactive ketones (excluding diaryl/α,β-unsaturated/α-hetero) is 1. The first-order valence-electron chi connectivity index (χ1n) is 9.40. The number of rotatable bonds is 2. The highest BCUT2D eigenvalue weighted by molar-refractivity contribution is 6.31. The standard InChI is InChI=1S/C22H21ClFNO3/c1-14-10-20-17(12-18(14)23)19(26)13-22(28-20)6-8-25(9-7-22)21(27)11-15-2-4-16(24)5-3-15/h2-5,10,12H,6-9,11,13H2,1H3. The lowest BCUT2D eigenvalue weighted by Gasteiger charge is -2.44. The molecule has 1 spiro atoms. The molecule has 1 saturated heterocycles. The summed E-state index contributed by atoms with van der Waals surface area (Å²) in [5.41, 5.74) is 1.64. The van der Waals surface area contributed by atoms with E-state index in [9.17, 15) is 14.0 Å². The molecule has 2 aromatic carbocycles. The van der Waals surface area contributed by atoms with Crippen molar-refractivity contribution < 1.29 is 18.7 Å². The Bertz CT molecular complexity index is 934. The molecule has 2 aromatic rings. The van der Waals surface area contributed by atoms with Gasteiger partial charge in [-0.05, 0) is 42.3 Å². The Balaban J connectivity index is 1.43. The maximum absolute atomic E-state index is 13.0. The predicted octanol–water partition coefficient (Wildman–Crippen LogP) is 4.36. The van der Waals surface area contributed by atoms with Crippen LogP contribution in [0.4, 0.5) is 4.39 Å². The summed E-state index contributed by atoms with van der Waals surface area (Å²) < 4.78 is 19.3. The average molecular weight is 402 g/mol. The maximum Gasteiger partial charge on any atom is 0.226 e. The van der Waals surface area contributed by atoms with Crippen molar-refractivity contribution in [3.8, 4) is 5.75 Å². The molecule has 1 amide bonds. The van der Waals surface area contributed by atoms with Gasteiger partial charge in [0.25, 0.3) is 0 Å². The number of nitrogens with zero attached hydrogens (tertiary/aromatic N) is 1. The second kappa shape index (κ2) is 7.21. The van der Waals surface area contributed by atoms with Crippen LogP contribution in [0.5, 0.6) is 5.75 Å². The summed E-state index contributed by atoms with van der Waals surface area (Å²) in [7, 11) is 0. The van der Waals surface area contributed by atoms with Crippen LogP contribution < -0.4 is 4.74 Å². The number of carbonyl (C=O) groups excluding carboxylic acids is 2. The number of fused-ring (bicyclic) bond motifs is 1. The van der Waals surface area contributed by atoms with Crippen LogP contribution in [0.1, 0.15) is 40.7 Å². The number of piperidine rings is 1. The zero-order valence-corrected chi connectivity index (χ0v) is 16.4. The molecule has 0 unspecified atom stereocenters. The van der Waals surface area contributed by atoms with Gasteiger partial charge in [-0.1, -0.05) is 23.7 Å². The van der Waals surface area contributed by atoms with Gasteiger partial charge in [0, 0.05) is 31.0 Å². The average Bonchev–Trinajstić information content (AvgIpc) is 2.66. The molecule has 0 saturated carbocycles. The predicted molar refractivity (Wildman–Crippen MR) is 104 cm³/mol. The van der Waals surface area contributed by atoms with Gasteiger partial charge >= 0.3 is 0 Å². The van der Waals surface area contributed by atoms with Gasteiger partial charge in [0.05, 0.1) is 18.4 Å². The summed E-state index contributed by atoms with van der Waals surface area (Å²) >= 11 is 6.14. The van der Waals surface area contributed by atoms with E-state index in [-0.39, 0.29) is 23.9 Å². The van der Waals surface area contributed by atoms with Crippen molar-refractivity contribution in [2.45, 2.75) is 38.2 Å². The fourth-order valence-electron chi connectivity index (χ4n) is 3.95. The molecule has 4 nitrogen and oxygen atoms in total. The third kappa shape index (κ3) is 3.63. The lowest BCUT2D eigenvalue weighted by atomic mass is 9.82. The first kappa shape index (κ1) is 18.9. The number of carbonyl (C=O) groups is 2. The Hall–Kier alpha value is -2.40. The lowest BCUT2D eigenvalue weighted by molar-refractivity contribution is -0.134. The minimum atomic E-state index is -0.559.